The van der Waals surface area contributed by atoms with Crippen LogP contribution in [0.1, 0.15) is 33.1 Å². The summed E-state index contributed by atoms with van der Waals surface area (Å²) >= 11 is 0. The van der Waals surface area contributed by atoms with Crippen LogP contribution in [-0.4, -0.2) is 50.7 Å². The highest BCUT2D eigenvalue weighted by molar-refractivity contribution is 4.81. The van der Waals surface area contributed by atoms with E-state index in [1.54, 1.807) is 7.11 Å². The maximum absolute atomic E-state index is 9.31. The van der Waals surface area contributed by atoms with Crippen LogP contribution in [0, 0.1) is 0 Å². The molecule has 1 atom stereocenters. The molecule has 98 valence electrons. The lowest BCUT2D eigenvalue weighted by atomic mass is 9.99. The third-order valence-corrected chi connectivity index (χ3v) is 2.59. The molecule has 0 aromatic carbocycles. The van der Waals surface area contributed by atoms with Crippen LogP contribution in [0.3, 0.4) is 0 Å². The summed E-state index contributed by atoms with van der Waals surface area (Å²) < 4.78 is 10.4. The Morgan fingerprint density at radius 3 is 2.56 bits per heavy atom. The molecular formula is C12H27NO3. The molecule has 0 aliphatic heterocycles. The fourth-order valence-corrected chi connectivity index (χ4v) is 1.35. The van der Waals surface area contributed by atoms with Gasteiger partial charge < -0.3 is 19.9 Å². The molecule has 4 heteroatoms. The SMILES string of the molecule is CCCNC(C)(CO)CCOCCCOC. The first-order valence-corrected chi connectivity index (χ1v) is 6.11. The summed E-state index contributed by atoms with van der Waals surface area (Å²) in [7, 11) is 1.69. The highest BCUT2D eigenvalue weighted by atomic mass is 16.5. The zero-order valence-corrected chi connectivity index (χ0v) is 10.9. The molecule has 0 bridgehead atoms. The lowest BCUT2D eigenvalue weighted by Gasteiger charge is -2.28. The summed E-state index contributed by atoms with van der Waals surface area (Å²) in [6, 6.07) is 0. The first kappa shape index (κ1) is 15.8. The first-order chi connectivity index (χ1) is 7.68. The van der Waals surface area contributed by atoms with Gasteiger partial charge in [-0.05, 0) is 32.7 Å². The lowest BCUT2D eigenvalue weighted by Crippen LogP contribution is -2.46. The number of rotatable bonds is 11. The Morgan fingerprint density at radius 2 is 2.00 bits per heavy atom. The molecule has 0 aliphatic rings. The normalized spacial score (nSPS) is 15.0. The molecule has 1 unspecified atom stereocenters. The van der Waals surface area contributed by atoms with Crippen LogP contribution in [0.15, 0.2) is 0 Å². The summed E-state index contributed by atoms with van der Waals surface area (Å²) in [5, 5.41) is 12.7. The third kappa shape index (κ3) is 8.05. The van der Waals surface area contributed by atoms with Gasteiger partial charge in [0.1, 0.15) is 0 Å². The van der Waals surface area contributed by atoms with Gasteiger partial charge in [0.25, 0.3) is 0 Å². The van der Waals surface area contributed by atoms with E-state index in [1.165, 1.54) is 0 Å². The lowest BCUT2D eigenvalue weighted by molar-refractivity contribution is 0.0730. The monoisotopic (exact) mass is 233 g/mol. The van der Waals surface area contributed by atoms with E-state index in [0.717, 1.165) is 39.0 Å². The predicted octanol–water partition coefficient (Wildman–Crippen LogP) is 1.18. The molecule has 2 N–H and O–H groups in total. The second-order valence-corrected chi connectivity index (χ2v) is 4.35. The third-order valence-electron chi connectivity index (χ3n) is 2.59. The zero-order chi connectivity index (χ0) is 12.3. The molecule has 0 radical (unpaired) electrons. The molecule has 16 heavy (non-hydrogen) atoms. The second kappa shape index (κ2) is 10.0. The van der Waals surface area contributed by atoms with Crippen molar-refractivity contribution in [2.45, 2.75) is 38.6 Å². The molecule has 0 aromatic heterocycles. The Kier molecular flexibility index (Phi) is 9.92. The van der Waals surface area contributed by atoms with Crippen LogP contribution in [0.25, 0.3) is 0 Å². The van der Waals surface area contributed by atoms with Crippen LogP contribution < -0.4 is 5.32 Å². The van der Waals surface area contributed by atoms with Crippen molar-refractivity contribution in [3.05, 3.63) is 0 Å². The van der Waals surface area contributed by atoms with Gasteiger partial charge in [-0.15, -0.1) is 0 Å². The molecule has 0 saturated carbocycles. The van der Waals surface area contributed by atoms with E-state index in [4.69, 9.17) is 9.47 Å². The molecule has 0 aliphatic carbocycles. The zero-order valence-electron chi connectivity index (χ0n) is 10.9. The Hall–Kier alpha value is -0.160. The highest BCUT2D eigenvalue weighted by Gasteiger charge is 2.21. The summed E-state index contributed by atoms with van der Waals surface area (Å²) in [6.45, 7) is 7.37. The second-order valence-electron chi connectivity index (χ2n) is 4.35. The molecule has 0 amide bonds. The van der Waals surface area contributed by atoms with Gasteiger partial charge in [0.05, 0.1) is 6.61 Å². The average Bonchev–Trinajstić information content (AvgIpc) is 2.31. The Labute approximate surface area is 99.3 Å². The van der Waals surface area contributed by atoms with Gasteiger partial charge in [0.2, 0.25) is 0 Å². The van der Waals surface area contributed by atoms with Crippen LogP contribution in [0.2, 0.25) is 0 Å². The molecule has 0 fully saturated rings. The topological polar surface area (TPSA) is 50.7 Å². The van der Waals surface area contributed by atoms with Crippen molar-refractivity contribution < 1.29 is 14.6 Å². The van der Waals surface area contributed by atoms with Crippen LogP contribution in [0.5, 0.6) is 0 Å². The summed E-state index contributed by atoms with van der Waals surface area (Å²) in [5.41, 5.74) is -0.211. The minimum Gasteiger partial charge on any atom is -0.394 e. The molecule has 0 saturated heterocycles. The van der Waals surface area contributed by atoms with Crippen molar-refractivity contribution in [3.8, 4) is 0 Å². The minimum atomic E-state index is -0.211. The first-order valence-electron chi connectivity index (χ1n) is 6.11. The number of hydrogen-bond acceptors (Lipinski definition) is 4. The number of ether oxygens (including phenoxy) is 2. The predicted molar refractivity (Wildman–Crippen MR) is 65.7 cm³/mol. The van der Waals surface area contributed by atoms with Crippen molar-refractivity contribution in [1.82, 2.24) is 5.32 Å². The smallest absolute Gasteiger partial charge is 0.0611 e. The van der Waals surface area contributed by atoms with Crippen molar-refractivity contribution >= 4 is 0 Å². The fraction of sp³-hybridized carbons (Fsp3) is 1.00. The maximum atomic E-state index is 9.31. The van der Waals surface area contributed by atoms with E-state index < -0.39 is 0 Å². The maximum Gasteiger partial charge on any atom is 0.0611 e. The van der Waals surface area contributed by atoms with E-state index in [2.05, 4.69) is 12.2 Å². The van der Waals surface area contributed by atoms with E-state index in [-0.39, 0.29) is 12.1 Å². The summed E-state index contributed by atoms with van der Waals surface area (Å²) in [4.78, 5) is 0. The van der Waals surface area contributed by atoms with E-state index in [9.17, 15) is 5.11 Å². The number of aliphatic hydroxyl groups is 1. The van der Waals surface area contributed by atoms with E-state index in [0.29, 0.717) is 6.61 Å². The van der Waals surface area contributed by atoms with Crippen LogP contribution in [0.4, 0.5) is 0 Å². The fourth-order valence-electron chi connectivity index (χ4n) is 1.35. The Bertz CT molecular complexity index is 155. The van der Waals surface area contributed by atoms with E-state index >= 15 is 0 Å². The molecular weight excluding hydrogens is 206 g/mol. The number of methoxy groups -OCH3 is 1. The van der Waals surface area contributed by atoms with Gasteiger partial charge in [-0.2, -0.15) is 0 Å². The molecule has 0 heterocycles. The van der Waals surface area contributed by atoms with Crippen molar-refractivity contribution in [2.75, 3.05) is 40.1 Å². The van der Waals surface area contributed by atoms with Gasteiger partial charge in [-0.3, -0.25) is 0 Å². The van der Waals surface area contributed by atoms with Crippen LogP contribution >= 0.6 is 0 Å². The van der Waals surface area contributed by atoms with Crippen molar-refractivity contribution in [1.29, 1.82) is 0 Å². The number of nitrogens with one attached hydrogen (secondary N) is 1. The van der Waals surface area contributed by atoms with Gasteiger partial charge in [-0.25, -0.2) is 0 Å². The largest absolute Gasteiger partial charge is 0.394 e. The van der Waals surface area contributed by atoms with Crippen LogP contribution in [-0.2, 0) is 9.47 Å². The Balaban J connectivity index is 3.53. The highest BCUT2D eigenvalue weighted by Crippen LogP contribution is 2.08. The molecule has 4 nitrogen and oxygen atoms in total. The van der Waals surface area contributed by atoms with Crippen molar-refractivity contribution in [3.63, 3.8) is 0 Å². The van der Waals surface area contributed by atoms with Gasteiger partial charge in [0.15, 0.2) is 0 Å². The number of aliphatic hydroxyl groups excluding tert-OH is 1. The van der Waals surface area contributed by atoms with E-state index in [1.807, 2.05) is 6.92 Å². The standard InChI is InChI=1S/C12H27NO3/c1-4-7-13-12(2,11-14)6-10-16-9-5-8-15-3/h13-14H,4-11H2,1-3H3. The summed E-state index contributed by atoms with van der Waals surface area (Å²) in [6.07, 6.45) is 2.83. The van der Waals surface area contributed by atoms with Gasteiger partial charge in [0, 0.05) is 32.5 Å². The quantitative estimate of drug-likeness (QED) is 0.526. The molecule has 0 rings (SSSR count). The molecule has 0 aromatic rings. The number of hydrogen-bond donors (Lipinski definition) is 2. The van der Waals surface area contributed by atoms with Crippen molar-refractivity contribution in [2.24, 2.45) is 0 Å². The van der Waals surface area contributed by atoms with Gasteiger partial charge >= 0.3 is 0 Å². The van der Waals surface area contributed by atoms with Gasteiger partial charge in [-0.1, -0.05) is 6.92 Å². The molecule has 0 spiro atoms. The average molecular weight is 233 g/mol. The minimum absolute atomic E-state index is 0.147. The Morgan fingerprint density at radius 1 is 1.25 bits per heavy atom. The summed E-state index contributed by atoms with van der Waals surface area (Å²) in [5.74, 6) is 0.